The van der Waals surface area contributed by atoms with E-state index >= 15 is 0 Å². The zero-order valence-corrected chi connectivity index (χ0v) is 18.0. The Balaban J connectivity index is -0.000000342. The fourth-order valence-electron chi connectivity index (χ4n) is 0.988. The zero-order valence-electron chi connectivity index (χ0n) is 15.2. The Morgan fingerprint density at radius 3 is 2.07 bits per heavy atom. The molecule has 8 nitrogen and oxygen atoms in total. The molecule has 2 N–H and O–H groups in total. The van der Waals surface area contributed by atoms with Crippen LogP contribution in [0.4, 0.5) is 0 Å². The first kappa shape index (κ1) is 30.0. The van der Waals surface area contributed by atoms with Gasteiger partial charge in [-0.15, -0.1) is 0 Å². The topological polar surface area (TPSA) is 141 Å². The van der Waals surface area contributed by atoms with E-state index in [-0.39, 0.29) is 42.8 Å². The second kappa shape index (κ2) is 17.7. The van der Waals surface area contributed by atoms with Gasteiger partial charge in [0.25, 0.3) is 0 Å². The number of benzene rings is 1. The summed E-state index contributed by atoms with van der Waals surface area (Å²) >= 11 is 0. The van der Waals surface area contributed by atoms with Crippen LogP contribution in [0.15, 0.2) is 60.5 Å². The summed E-state index contributed by atoms with van der Waals surface area (Å²) < 4.78 is 35.0. The van der Waals surface area contributed by atoms with Gasteiger partial charge < -0.3 is 19.5 Å². The maximum absolute atomic E-state index is 10.5. The maximum atomic E-state index is 10.5. The average molecular weight is 408 g/mol. The average Bonchev–Trinajstić information content (AvgIpc) is 2.59. The molecule has 1 aromatic carbocycles. The molecule has 0 bridgehead atoms. The number of carbonyl (C=O) groups is 2. The molecule has 0 aromatic heterocycles. The minimum atomic E-state index is -4.25. The van der Waals surface area contributed by atoms with E-state index in [1.54, 1.807) is 31.2 Å². The SMILES string of the molecule is C=C(C)C(=O)OCCO.C=CC(=O)O.O=S(=O)([O-])C=Cc1ccccc1.[Na+]. The third kappa shape index (κ3) is 24.2. The van der Waals surface area contributed by atoms with Gasteiger partial charge in [0.1, 0.15) is 16.7 Å². The van der Waals surface area contributed by atoms with Crippen LogP contribution in [0.3, 0.4) is 0 Å². The van der Waals surface area contributed by atoms with E-state index in [9.17, 15) is 22.6 Å². The Hall–Kier alpha value is -1.75. The Bertz CT molecular complexity index is 712. The standard InChI is InChI=1S/C8H8O3S.C6H10O3.C3H4O2.Na/c9-12(10,11)7-6-8-4-2-1-3-5-8;1-5(2)6(8)9-4-3-7;1-2-3(4)5;/h1-7H,(H,9,10,11);7H,1,3-4H2,2H3;2H,1H2,(H,4,5);/q;;;+1/p-1. The number of aliphatic carboxylic acids is 1. The molecule has 144 valence electrons. The third-order valence-corrected chi connectivity index (χ3v) is 2.54. The Morgan fingerprint density at radius 2 is 1.74 bits per heavy atom. The number of ether oxygens (including phenoxy) is 1. The summed E-state index contributed by atoms with van der Waals surface area (Å²) in [6, 6.07) is 8.75. The van der Waals surface area contributed by atoms with Crippen LogP contribution in [0.25, 0.3) is 6.08 Å². The molecule has 0 aliphatic carbocycles. The molecule has 1 aromatic rings. The largest absolute Gasteiger partial charge is 1.00 e. The first-order valence-electron chi connectivity index (χ1n) is 7.01. The van der Waals surface area contributed by atoms with Gasteiger partial charge in [-0.25, -0.2) is 18.0 Å². The van der Waals surface area contributed by atoms with Crippen molar-refractivity contribution in [1.29, 1.82) is 0 Å². The van der Waals surface area contributed by atoms with Gasteiger partial charge in [-0.3, -0.25) is 0 Å². The summed E-state index contributed by atoms with van der Waals surface area (Å²) in [6.07, 6.45) is 2.10. The first-order valence-corrected chi connectivity index (χ1v) is 8.48. The summed E-state index contributed by atoms with van der Waals surface area (Å²) in [5.41, 5.74) is 1.04. The quantitative estimate of drug-likeness (QED) is 0.252. The van der Waals surface area contributed by atoms with Gasteiger partial charge in [-0.1, -0.05) is 43.5 Å². The maximum Gasteiger partial charge on any atom is 1.00 e. The number of carbonyl (C=O) groups excluding carboxylic acids is 1. The predicted molar refractivity (Wildman–Crippen MR) is 95.9 cm³/mol. The number of aliphatic hydroxyl groups is 1. The molecule has 0 radical (unpaired) electrons. The van der Waals surface area contributed by atoms with Crippen molar-refractivity contribution in [3.8, 4) is 0 Å². The van der Waals surface area contributed by atoms with Crippen molar-refractivity contribution in [2.24, 2.45) is 0 Å². The smallest absolute Gasteiger partial charge is 0.744 e. The predicted octanol–water partition coefficient (Wildman–Crippen LogP) is -1.44. The molecule has 0 spiro atoms. The van der Waals surface area contributed by atoms with Crippen LogP contribution in [-0.4, -0.2) is 48.3 Å². The van der Waals surface area contributed by atoms with Crippen molar-refractivity contribution >= 4 is 28.1 Å². The minimum absolute atomic E-state index is 0. The van der Waals surface area contributed by atoms with Gasteiger partial charge in [0.2, 0.25) is 0 Å². The van der Waals surface area contributed by atoms with Crippen molar-refractivity contribution in [2.75, 3.05) is 13.2 Å². The second-order valence-electron chi connectivity index (χ2n) is 4.39. The van der Waals surface area contributed by atoms with Crippen LogP contribution in [0.5, 0.6) is 0 Å². The van der Waals surface area contributed by atoms with Gasteiger partial charge in [-0.05, 0) is 18.6 Å². The van der Waals surface area contributed by atoms with E-state index in [0.717, 1.165) is 6.08 Å². The zero-order chi connectivity index (χ0) is 20.6. The molecule has 27 heavy (non-hydrogen) atoms. The molecular weight excluding hydrogens is 387 g/mol. The van der Waals surface area contributed by atoms with E-state index in [2.05, 4.69) is 17.9 Å². The van der Waals surface area contributed by atoms with E-state index in [0.29, 0.717) is 16.5 Å². The van der Waals surface area contributed by atoms with E-state index < -0.39 is 22.1 Å². The molecule has 0 saturated heterocycles. The molecular formula is C17H21NaO8S. The molecule has 0 saturated carbocycles. The molecule has 0 fully saturated rings. The van der Waals surface area contributed by atoms with Crippen LogP contribution in [0, 0.1) is 0 Å². The fourth-order valence-corrected chi connectivity index (χ4v) is 1.31. The number of carboxylic acid groups (broad SMARTS) is 1. The van der Waals surface area contributed by atoms with Gasteiger partial charge in [0.15, 0.2) is 0 Å². The normalized spacial score (nSPS) is 9.44. The van der Waals surface area contributed by atoms with Crippen LogP contribution in [-0.2, 0) is 24.4 Å². The number of hydrogen-bond acceptors (Lipinski definition) is 7. The Morgan fingerprint density at radius 1 is 1.26 bits per heavy atom. The van der Waals surface area contributed by atoms with Crippen LogP contribution >= 0.6 is 0 Å². The summed E-state index contributed by atoms with van der Waals surface area (Å²) in [7, 11) is -4.25. The number of carboxylic acids is 1. The third-order valence-electron chi connectivity index (χ3n) is 2.07. The molecule has 10 heteroatoms. The first-order chi connectivity index (χ1) is 12.0. The van der Waals surface area contributed by atoms with Crippen LogP contribution < -0.4 is 29.6 Å². The summed E-state index contributed by atoms with van der Waals surface area (Å²) in [6.45, 7) is 7.78. The molecule has 0 aliphatic rings. The van der Waals surface area contributed by atoms with E-state index in [1.165, 1.54) is 6.08 Å². The van der Waals surface area contributed by atoms with Gasteiger partial charge in [0, 0.05) is 17.1 Å². The second-order valence-corrected chi connectivity index (χ2v) is 5.65. The summed E-state index contributed by atoms with van der Waals surface area (Å²) in [5, 5.41) is 16.4. The van der Waals surface area contributed by atoms with Gasteiger partial charge in [0.05, 0.1) is 6.61 Å². The summed E-state index contributed by atoms with van der Waals surface area (Å²) in [5.74, 6) is -1.44. The minimum Gasteiger partial charge on any atom is -0.744 e. The Kier molecular flexibility index (Phi) is 19.6. The van der Waals surface area contributed by atoms with Crippen molar-refractivity contribution < 1.29 is 67.1 Å². The molecule has 0 atom stereocenters. The van der Waals surface area contributed by atoms with Crippen molar-refractivity contribution in [2.45, 2.75) is 6.92 Å². The molecule has 1 rings (SSSR count). The van der Waals surface area contributed by atoms with Crippen molar-refractivity contribution in [3.63, 3.8) is 0 Å². The van der Waals surface area contributed by atoms with Crippen LogP contribution in [0.2, 0.25) is 0 Å². The monoisotopic (exact) mass is 408 g/mol. The van der Waals surface area contributed by atoms with E-state index in [4.69, 9.17) is 10.2 Å². The molecule has 0 heterocycles. The number of aliphatic hydroxyl groups excluding tert-OH is 1. The molecule has 0 aliphatic heterocycles. The number of rotatable bonds is 6. The van der Waals surface area contributed by atoms with Gasteiger partial charge >= 0.3 is 41.5 Å². The number of esters is 1. The summed E-state index contributed by atoms with van der Waals surface area (Å²) in [4.78, 5) is 19.7. The fraction of sp³-hybridized carbons (Fsp3) is 0.176. The molecule has 0 amide bonds. The van der Waals surface area contributed by atoms with Crippen LogP contribution in [0.1, 0.15) is 12.5 Å². The number of hydrogen-bond donors (Lipinski definition) is 2. The van der Waals surface area contributed by atoms with Gasteiger partial charge in [-0.2, -0.15) is 0 Å². The van der Waals surface area contributed by atoms with Crippen molar-refractivity contribution in [3.05, 3.63) is 66.1 Å². The Labute approximate surface area is 180 Å². The van der Waals surface area contributed by atoms with E-state index in [1.807, 2.05) is 6.07 Å². The molecule has 0 unspecified atom stereocenters. The van der Waals surface area contributed by atoms with Crippen molar-refractivity contribution in [1.82, 2.24) is 0 Å².